The topological polar surface area (TPSA) is 56.7 Å². The summed E-state index contributed by atoms with van der Waals surface area (Å²) in [7, 11) is 1.92. The van der Waals surface area contributed by atoms with Gasteiger partial charge in [-0.05, 0) is 6.92 Å². The lowest BCUT2D eigenvalue weighted by atomic mass is 10.4. The first-order chi connectivity index (χ1) is 5.20. The molecule has 1 aromatic rings. The Morgan fingerprint density at radius 1 is 1.82 bits per heavy atom. The summed E-state index contributed by atoms with van der Waals surface area (Å²) in [6.07, 6.45) is 1.68. The summed E-state index contributed by atoms with van der Waals surface area (Å²) in [6.45, 7) is 1.98. The summed E-state index contributed by atoms with van der Waals surface area (Å²) in [6, 6.07) is 0.205. The maximum atomic E-state index is 5.58. The maximum Gasteiger partial charge on any atom is 0.190 e. The van der Waals surface area contributed by atoms with Gasteiger partial charge >= 0.3 is 0 Å². The monoisotopic (exact) mass is 172 g/mol. The molecule has 1 heterocycles. The van der Waals surface area contributed by atoms with Crippen molar-refractivity contribution in [2.45, 2.75) is 18.1 Å². The van der Waals surface area contributed by atoms with Crippen LogP contribution in [0.25, 0.3) is 0 Å². The average molecular weight is 172 g/mol. The predicted molar refractivity (Wildman–Crippen MR) is 45.4 cm³/mol. The molecule has 0 amide bonds. The molecule has 0 saturated carbocycles. The van der Waals surface area contributed by atoms with E-state index in [1.165, 1.54) is 0 Å². The lowest BCUT2D eigenvalue weighted by Gasteiger charge is -2.02. The number of aryl methyl sites for hydroxylation is 1. The summed E-state index contributed by atoms with van der Waals surface area (Å²) in [5.41, 5.74) is 5.58. The molecule has 2 N–H and O–H groups in total. The van der Waals surface area contributed by atoms with Crippen molar-refractivity contribution in [2.75, 3.05) is 5.75 Å². The molecule has 1 aromatic heterocycles. The van der Waals surface area contributed by atoms with Crippen LogP contribution in [-0.2, 0) is 7.05 Å². The molecule has 5 heteroatoms. The summed E-state index contributed by atoms with van der Waals surface area (Å²) in [5, 5.41) is 8.58. The Hall–Kier alpha value is -0.550. The van der Waals surface area contributed by atoms with E-state index in [9.17, 15) is 0 Å². The van der Waals surface area contributed by atoms with E-state index in [1.54, 1.807) is 18.1 Å². The lowest BCUT2D eigenvalue weighted by molar-refractivity contribution is 0.780. The summed E-state index contributed by atoms with van der Waals surface area (Å²) in [5.74, 6) is 0.881. The van der Waals surface area contributed by atoms with Crippen LogP contribution in [0.15, 0.2) is 11.5 Å². The Morgan fingerprint density at radius 3 is 3.00 bits per heavy atom. The van der Waals surface area contributed by atoms with E-state index in [0.717, 1.165) is 10.9 Å². The molecule has 0 aliphatic carbocycles. The van der Waals surface area contributed by atoms with Crippen LogP contribution in [0, 0.1) is 0 Å². The number of hydrogen-bond acceptors (Lipinski definition) is 4. The van der Waals surface area contributed by atoms with Crippen molar-refractivity contribution in [3.63, 3.8) is 0 Å². The number of hydrogen-bond donors (Lipinski definition) is 1. The van der Waals surface area contributed by atoms with Crippen LogP contribution in [0.1, 0.15) is 6.92 Å². The molecule has 0 fully saturated rings. The van der Waals surface area contributed by atoms with Crippen molar-refractivity contribution >= 4 is 11.8 Å². The number of rotatable bonds is 3. The van der Waals surface area contributed by atoms with E-state index in [1.807, 2.05) is 18.5 Å². The molecule has 1 rings (SSSR count). The third kappa shape index (κ3) is 2.51. The zero-order valence-electron chi connectivity index (χ0n) is 6.69. The second-order valence-corrected chi connectivity index (χ2v) is 3.50. The van der Waals surface area contributed by atoms with Crippen LogP contribution in [-0.4, -0.2) is 26.6 Å². The second kappa shape index (κ2) is 3.73. The zero-order chi connectivity index (χ0) is 8.27. The first-order valence-corrected chi connectivity index (χ1v) is 4.41. The van der Waals surface area contributed by atoms with Gasteiger partial charge in [-0.25, -0.2) is 0 Å². The van der Waals surface area contributed by atoms with E-state index in [4.69, 9.17) is 5.73 Å². The van der Waals surface area contributed by atoms with Crippen LogP contribution in [0.5, 0.6) is 0 Å². The van der Waals surface area contributed by atoms with Gasteiger partial charge in [0.05, 0.1) is 0 Å². The zero-order valence-corrected chi connectivity index (χ0v) is 7.51. The van der Waals surface area contributed by atoms with Crippen LogP contribution in [0.2, 0.25) is 0 Å². The summed E-state index contributed by atoms with van der Waals surface area (Å²) >= 11 is 1.63. The normalized spacial score (nSPS) is 13.4. The van der Waals surface area contributed by atoms with E-state index >= 15 is 0 Å². The molecular weight excluding hydrogens is 160 g/mol. The average Bonchev–Trinajstić information content (AvgIpc) is 2.31. The predicted octanol–water partition coefficient (Wildman–Crippen LogP) is 0.254. The molecule has 0 spiro atoms. The van der Waals surface area contributed by atoms with Crippen LogP contribution in [0.3, 0.4) is 0 Å². The molecule has 0 aromatic carbocycles. The number of nitrogens with two attached hydrogens (primary N) is 1. The van der Waals surface area contributed by atoms with E-state index in [0.29, 0.717) is 0 Å². The standard InChI is InChI=1S/C6H12N4S/c1-5(7)3-11-6-9-8-4-10(6)2/h4-5H,3,7H2,1-2H3/t5-/m0/s1. The minimum absolute atomic E-state index is 0.205. The molecule has 0 aliphatic heterocycles. The Bertz CT molecular complexity index is 220. The molecule has 0 bridgehead atoms. The Balaban J connectivity index is 2.44. The van der Waals surface area contributed by atoms with Crippen LogP contribution < -0.4 is 5.73 Å². The minimum Gasteiger partial charge on any atom is -0.327 e. The fourth-order valence-electron chi connectivity index (χ4n) is 0.609. The van der Waals surface area contributed by atoms with Gasteiger partial charge in [-0.1, -0.05) is 11.8 Å². The molecule has 0 radical (unpaired) electrons. The first-order valence-electron chi connectivity index (χ1n) is 3.42. The van der Waals surface area contributed by atoms with Crippen molar-refractivity contribution in [3.05, 3.63) is 6.33 Å². The van der Waals surface area contributed by atoms with Crippen molar-refractivity contribution in [3.8, 4) is 0 Å². The van der Waals surface area contributed by atoms with Gasteiger partial charge < -0.3 is 10.3 Å². The Labute approximate surface area is 70.2 Å². The van der Waals surface area contributed by atoms with Gasteiger partial charge in [0.1, 0.15) is 6.33 Å². The highest BCUT2D eigenvalue weighted by molar-refractivity contribution is 7.99. The van der Waals surface area contributed by atoms with Gasteiger partial charge in [0.15, 0.2) is 5.16 Å². The second-order valence-electron chi connectivity index (χ2n) is 2.51. The fraction of sp³-hybridized carbons (Fsp3) is 0.667. The SMILES string of the molecule is C[C@H](N)CSc1nncn1C. The van der Waals surface area contributed by atoms with Gasteiger partial charge in [-0.2, -0.15) is 0 Å². The Kier molecular flexibility index (Phi) is 2.90. The van der Waals surface area contributed by atoms with Gasteiger partial charge in [-0.15, -0.1) is 10.2 Å². The lowest BCUT2D eigenvalue weighted by Crippen LogP contribution is -2.17. The third-order valence-electron chi connectivity index (χ3n) is 1.15. The molecule has 0 unspecified atom stereocenters. The van der Waals surface area contributed by atoms with Gasteiger partial charge in [0.2, 0.25) is 0 Å². The molecule has 0 saturated heterocycles. The fourth-order valence-corrected chi connectivity index (χ4v) is 1.38. The smallest absolute Gasteiger partial charge is 0.190 e. The highest BCUT2D eigenvalue weighted by Crippen LogP contribution is 2.13. The third-order valence-corrected chi connectivity index (χ3v) is 2.47. The molecular formula is C6H12N4S. The summed E-state index contributed by atoms with van der Waals surface area (Å²) in [4.78, 5) is 0. The molecule has 4 nitrogen and oxygen atoms in total. The quantitative estimate of drug-likeness (QED) is 0.664. The maximum absolute atomic E-state index is 5.58. The van der Waals surface area contributed by atoms with E-state index in [-0.39, 0.29) is 6.04 Å². The molecule has 62 valence electrons. The van der Waals surface area contributed by atoms with E-state index < -0.39 is 0 Å². The van der Waals surface area contributed by atoms with Gasteiger partial charge in [0.25, 0.3) is 0 Å². The van der Waals surface area contributed by atoms with E-state index in [2.05, 4.69) is 10.2 Å². The summed E-state index contributed by atoms with van der Waals surface area (Å²) < 4.78 is 1.88. The number of thioether (sulfide) groups is 1. The highest BCUT2D eigenvalue weighted by Gasteiger charge is 2.01. The number of aromatic nitrogens is 3. The van der Waals surface area contributed by atoms with Crippen molar-refractivity contribution in [2.24, 2.45) is 12.8 Å². The highest BCUT2D eigenvalue weighted by atomic mass is 32.2. The molecule has 1 atom stereocenters. The first kappa shape index (κ1) is 8.55. The van der Waals surface area contributed by atoms with Crippen molar-refractivity contribution < 1.29 is 0 Å². The van der Waals surface area contributed by atoms with Crippen molar-refractivity contribution in [1.29, 1.82) is 0 Å². The Morgan fingerprint density at radius 2 is 2.55 bits per heavy atom. The minimum atomic E-state index is 0.205. The largest absolute Gasteiger partial charge is 0.327 e. The van der Waals surface area contributed by atoms with Gasteiger partial charge in [-0.3, -0.25) is 0 Å². The van der Waals surface area contributed by atoms with Crippen molar-refractivity contribution in [1.82, 2.24) is 14.8 Å². The number of nitrogens with zero attached hydrogens (tertiary/aromatic N) is 3. The van der Waals surface area contributed by atoms with Gasteiger partial charge in [0, 0.05) is 18.8 Å². The van der Waals surface area contributed by atoms with Crippen LogP contribution >= 0.6 is 11.8 Å². The van der Waals surface area contributed by atoms with Crippen LogP contribution in [0.4, 0.5) is 0 Å². The molecule has 0 aliphatic rings. The molecule has 11 heavy (non-hydrogen) atoms.